The summed E-state index contributed by atoms with van der Waals surface area (Å²) in [6.45, 7) is 2.13. The normalized spacial score (nSPS) is 11.0. The smallest absolute Gasteiger partial charge is 0.224 e. The van der Waals surface area contributed by atoms with Crippen LogP contribution in [0.4, 0.5) is 5.69 Å². The highest BCUT2D eigenvalue weighted by Crippen LogP contribution is 2.27. The molecule has 0 radical (unpaired) electrons. The lowest BCUT2D eigenvalue weighted by molar-refractivity contribution is -0.116. The Morgan fingerprint density at radius 3 is 2.84 bits per heavy atom. The molecule has 0 spiro atoms. The van der Waals surface area contributed by atoms with Crippen molar-refractivity contribution >= 4 is 49.1 Å². The molecule has 0 atom stereocenters. The summed E-state index contributed by atoms with van der Waals surface area (Å²) in [5, 5.41) is 2.97. The molecule has 6 heteroatoms. The summed E-state index contributed by atoms with van der Waals surface area (Å²) in [4.78, 5) is 16.7. The van der Waals surface area contributed by atoms with E-state index in [1.54, 1.807) is 0 Å². The van der Waals surface area contributed by atoms with Crippen LogP contribution in [-0.2, 0) is 4.79 Å². The SMILES string of the molecule is CCCCCC(=O)Nc1cccc(-c2cn3cc(Br)cc(Br)c3n2)c1. The third-order valence-electron chi connectivity index (χ3n) is 3.92. The second-order valence-corrected chi connectivity index (χ2v) is 7.72. The van der Waals surface area contributed by atoms with Crippen molar-refractivity contribution < 1.29 is 4.79 Å². The van der Waals surface area contributed by atoms with E-state index in [0.717, 1.165) is 50.8 Å². The molecule has 1 amide bonds. The van der Waals surface area contributed by atoms with Gasteiger partial charge in [0.25, 0.3) is 0 Å². The van der Waals surface area contributed by atoms with E-state index in [1.165, 1.54) is 0 Å². The van der Waals surface area contributed by atoms with Gasteiger partial charge in [-0.1, -0.05) is 31.9 Å². The predicted molar refractivity (Wildman–Crippen MR) is 109 cm³/mol. The number of nitrogens with zero attached hydrogens (tertiary/aromatic N) is 2. The van der Waals surface area contributed by atoms with E-state index in [0.29, 0.717) is 6.42 Å². The van der Waals surface area contributed by atoms with Gasteiger partial charge in [0.2, 0.25) is 5.91 Å². The first-order chi connectivity index (χ1) is 12.1. The molecule has 0 fully saturated rings. The van der Waals surface area contributed by atoms with Crippen molar-refractivity contribution in [2.45, 2.75) is 32.6 Å². The maximum Gasteiger partial charge on any atom is 0.224 e. The first-order valence-electron chi connectivity index (χ1n) is 8.31. The van der Waals surface area contributed by atoms with Crippen molar-refractivity contribution in [2.24, 2.45) is 0 Å². The lowest BCUT2D eigenvalue weighted by Gasteiger charge is -2.06. The zero-order valence-electron chi connectivity index (χ0n) is 13.9. The van der Waals surface area contributed by atoms with E-state index in [4.69, 9.17) is 0 Å². The van der Waals surface area contributed by atoms with E-state index < -0.39 is 0 Å². The highest BCUT2D eigenvalue weighted by atomic mass is 79.9. The summed E-state index contributed by atoms with van der Waals surface area (Å²) in [6, 6.07) is 9.77. The van der Waals surface area contributed by atoms with Crippen molar-refractivity contribution in [3.05, 3.63) is 51.7 Å². The van der Waals surface area contributed by atoms with Crippen LogP contribution < -0.4 is 5.32 Å². The molecule has 1 N–H and O–H groups in total. The number of unbranched alkanes of at least 4 members (excludes halogenated alkanes) is 2. The molecule has 3 rings (SSSR count). The molecule has 0 unspecified atom stereocenters. The summed E-state index contributed by atoms with van der Waals surface area (Å²) in [5.74, 6) is 0.0623. The van der Waals surface area contributed by atoms with E-state index in [1.807, 2.05) is 47.1 Å². The maximum absolute atomic E-state index is 12.0. The maximum atomic E-state index is 12.0. The van der Waals surface area contributed by atoms with Gasteiger partial charge in [-0.15, -0.1) is 0 Å². The Morgan fingerprint density at radius 1 is 1.20 bits per heavy atom. The van der Waals surface area contributed by atoms with Crippen LogP contribution in [0, 0.1) is 0 Å². The first-order valence-corrected chi connectivity index (χ1v) is 9.89. The van der Waals surface area contributed by atoms with Gasteiger partial charge in [-0.25, -0.2) is 4.98 Å². The fourth-order valence-electron chi connectivity index (χ4n) is 2.68. The molecule has 130 valence electrons. The van der Waals surface area contributed by atoms with E-state index in [9.17, 15) is 4.79 Å². The molecule has 0 bridgehead atoms. The fourth-order valence-corrected chi connectivity index (χ4v) is 3.98. The highest BCUT2D eigenvalue weighted by Gasteiger charge is 2.09. The van der Waals surface area contributed by atoms with E-state index >= 15 is 0 Å². The third kappa shape index (κ3) is 4.50. The number of nitrogens with one attached hydrogen (secondary N) is 1. The number of rotatable bonds is 6. The summed E-state index contributed by atoms with van der Waals surface area (Å²) >= 11 is 7.03. The van der Waals surface area contributed by atoms with Crippen molar-refractivity contribution in [3.8, 4) is 11.3 Å². The number of imidazole rings is 1. The topological polar surface area (TPSA) is 46.4 Å². The third-order valence-corrected chi connectivity index (χ3v) is 4.94. The van der Waals surface area contributed by atoms with Crippen molar-refractivity contribution in [3.63, 3.8) is 0 Å². The zero-order valence-corrected chi connectivity index (χ0v) is 17.1. The van der Waals surface area contributed by atoms with Crippen molar-refractivity contribution in [2.75, 3.05) is 5.32 Å². The number of hydrogen-bond acceptors (Lipinski definition) is 2. The number of hydrogen-bond donors (Lipinski definition) is 1. The van der Waals surface area contributed by atoms with Gasteiger partial charge in [0, 0.05) is 34.5 Å². The Labute approximate surface area is 163 Å². The predicted octanol–water partition coefficient (Wildman–Crippen LogP) is 6.05. The molecule has 2 heterocycles. The number of fused-ring (bicyclic) bond motifs is 1. The second-order valence-electron chi connectivity index (χ2n) is 5.95. The number of carbonyl (C=O) groups excluding carboxylic acids is 1. The lowest BCUT2D eigenvalue weighted by Crippen LogP contribution is -2.10. The van der Waals surface area contributed by atoms with Crippen LogP contribution in [0.15, 0.2) is 51.7 Å². The fraction of sp³-hybridized carbons (Fsp3) is 0.263. The summed E-state index contributed by atoms with van der Waals surface area (Å²) in [5.41, 5.74) is 3.49. The zero-order chi connectivity index (χ0) is 17.8. The lowest BCUT2D eigenvalue weighted by atomic mass is 10.1. The van der Waals surface area contributed by atoms with Crippen molar-refractivity contribution in [1.82, 2.24) is 9.38 Å². The molecule has 1 aromatic carbocycles. The molecule has 0 saturated heterocycles. The highest BCUT2D eigenvalue weighted by molar-refractivity contribution is 9.11. The van der Waals surface area contributed by atoms with Crippen molar-refractivity contribution in [1.29, 1.82) is 0 Å². The van der Waals surface area contributed by atoms with Gasteiger partial charge < -0.3 is 9.72 Å². The van der Waals surface area contributed by atoms with Gasteiger partial charge in [-0.05, 0) is 56.5 Å². The van der Waals surface area contributed by atoms with E-state index in [-0.39, 0.29) is 5.91 Å². The molecule has 0 aliphatic carbocycles. The largest absolute Gasteiger partial charge is 0.326 e. The molecule has 0 aliphatic rings. The molecule has 3 aromatic rings. The second kappa shape index (κ2) is 8.15. The van der Waals surface area contributed by atoms with Crippen LogP contribution in [0.2, 0.25) is 0 Å². The Bertz CT molecular complexity index is 905. The number of aromatic nitrogens is 2. The van der Waals surface area contributed by atoms with Gasteiger partial charge in [0.15, 0.2) is 5.65 Å². The average molecular weight is 465 g/mol. The van der Waals surface area contributed by atoms with Gasteiger partial charge in [-0.2, -0.15) is 0 Å². The average Bonchev–Trinajstić information content (AvgIpc) is 3.00. The molecule has 25 heavy (non-hydrogen) atoms. The molecule has 0 saturated carbocycles. The van der Waals surface area contributed by atoms with Crippen LogP contribution in [0.5, 0.6) is 0 Å². The number of benzene rings is 1. The molecular weight excluding hydrogens is 446 g/mol. The number of pyridine rings is 1. The van der Waals surface area contributed by atoms with Crippen LogP contribution in [0.1, 0.15) is 32.6 Å². The molecule has 0 aliphatic heterocycles. The van der Waals surface area contributed by atoms with Gasteiger partial charge in [-0.3, -0.25) is 4.79 Å². The standard InChI is InChI=1S/C19H19Br2N3O/c1-2-3-4-8-18(25)22-15-7-5-6-13(9-15)17-12-24-11-14(20)10-16(21)19(24)23-17/h5-7,9-12H,2-4,8H2,1H3,(H,22,25). The number of amides is 1. The summed E-state index contributed by atoms with van der Waals surface area (Å²) in [7, 11) is 0. The molecular formula is C19H19Br2N3O. The quantitative estimate of drug-likeness (QED) is 0.451. The minimum atomic E-state index is 0.0623. The number of halogens is 2. The van der Waals surface area contributed by atoms with Crippen LogP contribution in [-0.4, -0.2) is 15.3 Å². The minimum absolute atomic E-state index is 0.0623. The first kappa shape index (κ1) is 18.1. The molecule has 2 aromatic heterocycles. The summed E-state index contributed by atoms with van der Waals surface area (Å²) < 4.78 is 3.87. The van der Waals surface area contributed by atoms with E-state index in [2.05, 4.69) is 49.1 Å². The van der Waals surface area contributed by atoms with Crippen LogP contribution in [0.3, 0.4) is 0 Å². The Kier molecular flexibility index (Phi) is 5.91. The van der Waals surface area contributed by atoms with Crippen LogP contribution in [0.25, 0.3) is 16.9 Å². The Balaban J connectivity index is 1.82. The van der Waals surface area contributed by atoms with Crippen LogP contribution >= 0.6 is 31.9 Å². The number of carbonyl (C=O) groups is 1. The summed E-state index contributed by atoms with van der Waals surface area (Å²) in [6.07, 6.45) is 7.63. The van der Waals surface area contributed by atoms with Gasteiger partial charge >= 0.3 is 0 Å². The molecule has 4 nitrogen and oxygen atoms in total. The minimum Gasteiger partial charge on any atom is -0.326 e. The van der Waals surface area contributed by atoms with Gasteiger partial charge in [0.05, 0.1) is 10.2 Å². The monoisotopic (exact) mass is 463 g/mol. The van der Waals surface area contributed by atoms with Gasteiger partial charge in [0.1, 0.15) is 0 Å². The Morgan fingerprint density at radius 2 is 2.04 bits per heavy atom. The number of anilines is 1. The Hall–Kier alpha value is -1.66.